The minimum atomic E-state index is -4.30. The second-order valence-corrected chi connectivity index (χ2v) is 19.4. The van der Waals surface area contributed by atoms with Crippen LogP contribution in [0.2, 0.25) is 25.7 Å². The molecule has 0 aliphatic rings. The molecule has 0 radical (unpaired) electrons. The molecule has 45 heavy (non-hydrogen) atoms. The molecule has 0 bridgehead atoms. The zero-order valence-electron chi connectivity index (χ0n) is 26.9. The first-order valence-corrected chi connectivity index (χ1v) is 19.6. The van der Waals surface area contributed by atoms with Gasteiger partial charge in [0, 0.05) is 26.2 Å². The number of nitrogens with zero attached hydrogens (tertiary/aromatic N) is 5. The molecule has 0 amide bonds. The number of aliphatic hydroxyl groups excluding tert-OH is 1. The summed E-state index contributed by atoms with van der Waals surface area (Å²) < 4.78 is 54.4. The molecular formula is C31H41N5O7SSi. The number of pyridine rings is 1. The van der Waals surface area contributed by atoms with Gasteiger partial charge in [-0.3, -0.25) is 4.57 Å². The maximum atomic E-state index is 14.7. The van der Waals surface area contributed by atoms with E-state index in [0.717, 1.165) is 0 Å². The Kier molecular flexibility index (Phi) is 10.4. The summed E-state index contributed by atoms with van der Waals surface area (Å²) >= 11 is 0. The first-order valence-electron chi connectivity index (χ1n) is 14.4. The van der Waals surface area contributed by atoms with Gasteiger partial charge in [-0.25, -0.2) is 17.7 Å². The van der Waals surface area contributed by atoms with E-state index < -0.39 is 29.5 Å². The smallest absolute Gasteiger partial charge is 0.246 e. The number of aliphatic hydroxyl groups is 1. The van der Waals surface area contributed by atoms with Gasteiger partial charge >= 0.3 is 0 Å². The first kappa shape index (κ1) is 33.7. The quantitative estimate of drug-likeness (QED) is 0.186. The van der Waals surface area contributed by atoms with Gasteiger partial charge in [0.15, 0.2) is 5.82 Å². The predicted molar refractivity (Wildman–Crippen MR) is 176 cm³/mol. The van der Waals surface area contributed by atoms with Crippen molar-refractivity contribution in [1.29, 1.82) is 0 Å². The summed E-state index contributed by atoms with van der Waals surface area (Å²) in [5.41, 5.74) is 1.12. The fraction of sp³-hybridized carbons (Fsp3) is 0.387. The molecule has 4 rings (SSSR count). The number of sulfonamides is 1. The average Bonchev–Trinajstić information content (AvgIpc) is 3.46. The highest BCUT2D eigenvalue weighted by Gasteiger charge is 2.40. The van der Waals surface area contributed by atoms with Crippen molar-refractivity contribution in [3.05, 3.63) is 66.2 Å². The second-order valence-electron chi connectivity index (χ2n) is 11.6. The number of anilines is 1. The highest BCUT2D eigenvalue weighted by molar-refractivity contribution is 7.93. The molecule has 0 aliphatic carbocycles. The Morgan fingerprint density at radius 3 is 2.04 bits per heavy atom. The highest BCUT2D eigenvalue weighted by atomic mass is 32.2. The van der Waals surface area contributed by atoms with Crippen LogP contribution in [-0.2, 0) is 10.0 Å². The second kappa shape index (κ2) is 13.9. The summed E-state index contributed by atoms with van der Waals surface area (Å²) in [7, 11) is -0.0975. The van der Waals surface area contributed by atoms with E-state index in [1.54, 1.807) is 65.2 Å². The van der Waals surface area contributed by atoms with Gasteiger partial charge in [-0.2, -0.15) is 0 Å². The van der Waals surface area contributed by atoms with Crippen molar-refractivity contribution in [3.63, 3.8) is 0 Å². The summed E-state index contributed by atoms with van der Waals surface area (Å²) in [5, 5.41) is 19.1. The summed E-state index contributed by atoms with van der Waals surface area (Å²) in [6, 6.07) is 17.8. The van der Waals surface area contributed by atoms with Gasteiger partial charge in [0.1, 0.15) is 40.0 Å². The van der Waals surface area contributed by atoms with Gasteiger partial charge in [0.25, 0.3) is 0 Å². The number of aromatic nitrogens is 4. The third kappa shape index (κ3) is 7.07. The number of rotatable bonds is 14. The summed E-state index contributed by atoms with van der Waals surface area (Å²) in [5.74, 6) is 1.74. The predicted octanol–water partition coefficient (Wildman–Crippen LogP) is 4.96. The molecule has 12 nitrogen and oxygen atoms in total. The molecule has 1 unspecified atom stereocenters. The van der Waals surface area contributed by atoms with Gasteiger partial charge in [0.05, 0.1) is 28.4 Å². The van der Waals surface area contributed by atoms with Crippen LogP contribution in [0.15, 0.2) is 60.7 Å². The molecule has 2 aromatic heterocycles. The molecule has 1 N–H and O–H groups in total. The summed E-state index contributed by atoms with van der Waals surface area (Å²) in [6.07, 6.45) is -1.41. The van der Waals surface area contributed by atoms with Crippen molar-refractivity contribution in [2.24, 2.45) is 0 Å². The van der Waals surface area contributed by atoms with E-state index in [1.807, 2.05) is 0 Å². The SMILES string of the molecule is COc1cccc(-c2nnc(N(CC[Si](C)(C)C)S(=O)(=O)C(C)[C@H](O)c3ccccc3OC)n2-c2c(OC)cccc2OC)n1. The van der Waals surface area contributed by atoms with Gasteiger partial charge in [-0.15, -0.1) is 10.2 Å². The van der Waals surface area contributed by atoms with Crippen LogP contribution in [0.25, 0.3) is 17.2 Å². The average molecular weight is 656 g/mol. The Bertz CT molecular complexity index is 1700. The third-order valence-electron chi connectivity index (χ3n) is 7.40. The van der Waals surface area contributed by atoms with Crippen molar-refractivity contribution in [2.75, 3.05) is 39.3 Å². The van der Waals surface area contributed by atoms with Crippen LogP contribution in [0.3, 0.4) is 0 Å². The minimum absolute atomic E-state index is 0.00486. The van der Waals surface area contributed by atoms with Crippen molar-refractivity contribution in [2.45, 2.75) is 44.0 Å². The maximum Gasteiger partial charge on any atom is 0.246 e. The van der Waals surface area contributed by atoms with E-state index in [9.17, 15) is 13.5 Å². The van der Waals surface area contributed by atoms with Crippen molar-refractivity contribution >= 4 is 24.0 Å². The standard InChI is InChI=1S/C31H41N5O7SSi/c1-21(29(37)22-13-9-10-15-24(22)40-2)44(38,39)35(19-20-45(6,7)8)31-34-33-30(23-14-11-18-27(32-23)43-5)36(31)28-25(41-3)16-12-17-26(28)42-4/h9-18,21,29,37H,19-20H2,1-8H3/t21?,29-/m0/s1. The molecule has 242 valence electrons. The van der Waals surface area contributed by atoms with Crippen LogP contribution >= 0.6 is 0 Å². The van der Waals surface area contributed by atoms with E-state index in [2.05, 4.69) is 34.8 Å². The molecule has 2 heterocycles. The molecule has 0 saturated carbocycles. The maximum absolute atomic E-state index is 14.7. The normalized spacial score (nSPS) is 13.2. The topological polar surface area (TPSA) is 138 Å². The van der Waals surface area contributed by atoms with Crippen LogP contribution in [-0.4, -0.2) is 81.6 Å². The zero-order chi connectivity index (χ0) is 32.9. The van der Waals surface area contributed by atoms with Crippen LogP contribution in [0.1, 0.15) is 18.6 Å². The van der Waals surface area contributed by atoms with Crippen molar-refractivity contribution in [1.82, 2.24) is 19.7 Å². The number of hydrogen-bond donors (Lipinski definition) is 1. The van der Waals surface area contributed by atoms with Crippen LogP contribution in [0, 0.1) is 0 Å². The van der Waals surface area contributed by atoms with Gasteiger partial charge in [-0.1, -0.05) is 50.0 Å². The highest BCUT2D eigenvalue weighted by Crippen LogP contribution is 2.40. The lowest BCUT2D eigenvalue weighted by Crippen LogP contribution is -2.44. The van der Waals surface area contributed by atoms with Crippen molar-refractivity contribution in [3.8, 4) is 40.3 Å². The Morgan fingerprint density at radius 1 is 0.844 bits per heavy atom. The molecule has 0 spiro atoms. The van der Waals surface area contributed by atoms with Gasteiger partial charge in [0.2, 0.25) is 21.9 Å². The lowest BCUT2D eigenvalue weighted by molar-refractivity contribution is 0.171. The monoisotopic (exact) mass is 655 g/mol. The van der Waals surface area contributed by atoms with Gasteiger partial charge in [-0.05, 0) is 37.2 Å². The molecular weight excluding hydrogens is 615 g/mol. The number of benzene rings is 2. The number of hydrogen-bond acceptors (Lipinski definition) is 10. The zero-order valence-corrected chi connectivity index (χ0v) is 28.7. The molecule has 2 atom stereocenters. The lowest BCUT2D eigenvalue weighted by atomic mass is 10.1. The Hall–Kier alpha value is -4.14. The third-order valence-corrected chi connectivity index (χ3v) is 11.3. The largest absolute Gasteiger partial charge is 0.496 e. The number of methoxy groups -OCH3 is 4. The number of para-hydroxylation sites is 2. The van der Waals surface area contributed by atoms with E-state index in [1.165, 1.54) is 39.7 Å². The van der Waals surface area contributed by atoms with E-state index in [-0.39, 0.29) is 18.3 Å². The van der Waals surface area contributed by atoms with Gasteiger partial charge < -0.3 is 24.1 Å². The van der Waals surface area contributed by atoms with Crippen LogP contribution in [0.5, 0.6) is 23.1 Å². The molecule has 0 saturated heterocycles. The summed E-state index contributed by atoms with van der Waals surface area (Å²) in [6.45, 7) is 8.05. The van der Waals surface area contributed by atoms with E-state index in [4.69, 9.17) is 18.9 Å². The van der Waals surface area contributed by atoms with Crippen LogP contribution in [0.4, 0.5) is 5.95 Å². The van der Waals surface area contributed by atoms with Crippen molar-refractivity contribution < 1.29 is 32.5 Å². The summed E-state index contributed by atoms with van der Waals surface area (Å²) in [4.78, 5) is 4.56. The lowest BCUT2D eigenvalue weighted by Gasteiger charge is -2.31. The van der Waals surface area contributed by atoms with E-state index >= 15 is 0 Å². The van der Waals surface area contributed by atoms with E-state index in [0.29, 0.717) is 46.1 Å². The Balaban J connectivity index is 2.00. The molecule has 0 fully saturated rings. The fourth-order valence-corrected chi connectivity index (χ4v) is 7.44. The first-order chi connectivity index (χ1) is 21.4. The fourth-order valence-electron chi connectivity index (χ4n) is 4.82. The number of ether oxygens (including phenoxy) is 4. The Morgan fingerprint density at radius 2 is 1.44 bits per heavy atom. The molecule has 14 heteroatoms. The molecule has 0 aliphatic heterocycles. The molecule has 4 aromatic rings. The van der Waals surface area contributed by atoms with Crippen LogP contribution < -0.4 is 23.3 Å². The molecule has 2 aromatic carbocycles. The Labute approximate surface area is 265 Å². The minimum Gasteiger partial charge on any atom is -0.496 e.